The second-order valence-electron chi connectivity index (χ2n) is 6.44. The summed E-state index contributed by atoms with van der Waals surface area (Å²) in [4.78, 5) is 2.55. The van der Waals surface area contributed by atoms with E-state index in [9.17, 15) is 0 Å². The Balaban J connectivity index is 1.82. The molecule has 1 fully saturated rings. The fraction of sp³-hybridized carbons (Fsp3) is 0.526. The lowest BCUT2D eigenvalue weighted by Gasteiger charge is -2.29. The molecule has 0 amide bonds. The van der Waals surface area contributed by atoms with Crippen molar-refractivity contribution in [3.05, 3.63) is 41.7 Å². The lowest BCUT2D eigenvalue weighted by atomic mass is 10.1. The number of aromatic nitrogens is 2. The fourth-order valence-corrected chi connectivity index (χ4v) is 3.52. The number of hydrogen-bond donors (Lipinski definition) is 0. The summed E-state index contributed by atoms with van der Waals surface area (Å²) in [6.45, 7) is 2.01. The van der Waals surface area contributed by atoms with Gasteiger partial charge in [-0.15, -0.1) is 0 Å². The third kappa shape index (κ3) is 3.73. The molecule has 130 valence electrons. The minimum atomic E-state index is 0.391. The van der Waals surface area contributed by atoms with Crippen LogP contribution in [0, 0.1) is 0 Å². The molecule has 2 heterocycles. The number of hydrogen-bond acceptors (Lipinski definition) is 4. The average Bonchev–Trinajstić information content (AvgIpc) is 2.89. The van der Waals surface area contributed by atoms with Crippen molar-refractivity contribution in [3.63, 3.8) is 0 Å². The lowest BCUT2D eigenvalue weighted by Crippen LogP contribution is -2.28. The molecule has 1 aliphatic heterocycles. The van der Waals surface area contributed by atoms with Crippen LogP contribution in [0.5, 0.6) is 11.5 Å². The van der Waals surface area contributed by atoms with Crippen molar-refractivity contribution in [2.45, 2.75) is 38.3 Å². The van der Waals surface area contributed by atoms with Crippen molar-refractivity contribution in [1.82, 2.24) is 14.7 Å². The first-order valence-electron chi connectivity index (χ1n) is 8.65. The Bertz CT molecular complexity index is 668. The van der Waals surface area contributed by atoms with E-state index in [1.807, 2.05) is 24.0 Å². The van der Waals surface area contributed by atoms with Crippen molar-refractivity contribution in [3.8, 4) is 11.5 Å². The second-order valence-corrected chi connectivity index (χ2v) is 6.44. The summed E-state index contributed by atoms with van der Waals surface area (Å²) >= 11 is 0. The molecule has 3 rings (SSSR count). The quantitative estimate of drug-likeness (QED) is 0.841. The first-order valence-corrected chi connectivity index (χ1v) is 8.65. The van der Waals surface area contributed by atoms with E-state index < -0.39 is 0 Å². The lowest BCUT2D eigenvalue weighted by molar-refractivity contribution is 0.188. The highest BCUT2D eigenvalue weighted by molar-refractivity contribution is 5.42. The molecule has 0 aliphatic carbocycles. The van der Waals surface area contributed by atoms with Gasteiger partial charge in [0.05, 0.1) is 26.0 Å². The Hall–Kier alpha value is -2.01. The molecular weight excluding hydrogens is 302 g/mol. The van der Waals surface area contributed by atoms with Gasteiger partial charge in [-0.2, -0.15) is 5.10 Å². The van der Waals surface area contributed by atoms with Crippen LogP contribution in [0.3, 0.4) is 0 Å². The maximum atomic E-state index is 5.45. The van der Waals surface area contributed by atoms with Crippen LogP contribution in [0.1, 0.15) is 43.0 Å². The van der Waals surface area contributed by atoms with Gasteiger partial charge >= 0.3 is 0 Å². The van der Waals surface area contributed by atoms with Crippen molar-refractivity contribution < 1.29 is 9.47 Å². The molecule has 0 saturated carbocycles. The van der Waals surface area contributed by atoms with Crippen LogP contribution in [0.15, 0.2) is 30.5 Å². The maximum Gasteiger partial charge on any atom is 0.161 e. The van der Waals surface area contributed by atoms with Crippen molar-refractivity contribution in [2.24, 2.45) is 7.05 Å². The van der Waals surface area contributed by atoms with Gasteiger partial charge in [0, 0.05) is 19.8 Å². The van der Waals surface area contributed by atoms with E-state index in [1.165, 1.54) is 36.9 Å². The maximum absolute atomic E-state index is 5.45. The number of benzene rings is 1. The second kappa shape index (κ2) is 7.71. The molecule has 2 aromatic rings. The Morgan fingerprint density at radius 3 is 2.62 bits per heavy atom. The summed E-state index contributed by atoms with van der Waals surface area (Å²) in [6, 6.07) is 8.74. The molecule has 1 atom stereocenters. The SMILES string of the molecule is COc1ccc(CN2CCCCC[C@H]2c2ccn(C)n2)cc1OC. The molecule has 0 bridgehead atoms. The van der Waals surface area contributed by atoms with E-state index in [1.54, 1.807) is 14.2 Å². The first-order chi connectivity index (χ1) is 11.7. The molecule has 0 radical (unpaired) electrons. The van der Waals surface area contributed by atoms with Crippen LogP contribution in [0.25, 0.3) is 0 Å². The minimum absolute atomic E-state index is 0.391. The minimum Gasteiger partial charge on any atom is -0.493 e. The number of rotatable bonds is 5. The summed E-state index contributed by atoms with van der Waals surface area (Å²) in [6.07, 6.45) is 7.02. The van der Waals surface area contributed by atoms with Crippen molar-refractivity contribution in [1.29, 1.82) is 0 Å². The molecule has 1 aromatic carbocycles. The summed E-state index contributed by atoms with van der Waals surface area (Å²) < 4.78 is 12.7. The predicted molar refractivity (Wildman–Crippen MR) is 94.4 cm³/mol. The van der Waals surface area contributed by atoms with Crippen LogP contribution < -0.4 is 9.47 Å². The summed E-state index contributed by atoms with van der Waals surface area (Å²) in [5.74, 6) is 1.57. The standard InChI is InChI=1S/C19H27N3O2/c1-21-12-10-16(20-21)17-7-5-4-6-11-22(17)14-15-8-9-18(23-2)19(13-15)24-3/h8-10,12-13,17H,4-7,11,14H2,1-3H3/t17-/m0/s1. The number of aryl methyl sites for hydroxylation is 1. The summed E-state index contributed by atoms with van der Waals surface area (Å²) in [5.41, 5.74) is 2.43. The third-order valence-electron chi connectivity index (χ3n) is 4.77. The van der Waals surface area contributed by atoms with E-state index in [0.717, 1.165) is 24.6 Å². The number of likely N-dealkylation sites (tertiary alicyclic amines) is 1. The van der Waals surface area contributed by atoms with E-state index >= 15 is 0 Å². The van der Waals surface area contributed by atoms with E-state index in [0.29, 0.717) is 6.04 Å². The van der Waals surface area contributed by atoms with Crippen LogP contribution in [-0.2, 0) is 13.6 Å². The Morgan fingerprint density at radius 2 is 1.92 bits per heavy atom. The van der Waals surface area contributed by atoms with Gasteiger partial charge in [-0.3, -0.25) is 9.58 Å². The highest BCUT2D eigenvalue weighted by Crippen LogP contribution is 2.32. The summed E-state index contributed by atoms with van der Waals surface area (Å²) in [7, 11) is 5.34. The average molecular weight is 329 g/mol. The highest BCUT2D eigenvalue weighted by atomic mass is 16.5. The Labute approximate surface area is 144 Å². The zero-order chi connectivity index (χ0) is 16.9. The molecule has 5 nitrogen and oxygen atoms in total. The van der Waals surface area contributed by atoms with Gasteiger partial charge in [-0.25, -0.2) is 0 Å². The Kier molecular flexibility index (Phi) is 5.41. The molecule has 1 saturated heterocycles. The van der Waals surface area contributed by atoms with Gasteiger partial charge in [0.2, 0.25) is 0 Å². The molecule has 24 heavy (non-hydrogen) atoms. The molecular formula is C19H27N3O2. The zero-order valence-electron chi connectivity index (χ0n) is 14.9. The van der Waals surface area contributed by atoms with Gasteiger partial charge in [0.15, 0.2) is 11.5 Å². The molecule has 0 unspecified atom stereocenters. The smallest absolute Gasteiger partial charge is 0.161 e. The molecule has 0 spiro atoms. The monoisotopic (exact) mass is 329 g/mol. The summed E-state index contributed by atoms with van der Waals surface area (Å²) in [5, 5.41) is 4.66. The van der Waals surface area contributed by atoms with Crippen LogP contribution in [0.2, 0.25) is 0 Å². The van der Waals surface area contributed by atoms with Crippen molar-refractivity contribution in [2.75, 3.05) is 20.8 Å². The molecule has 1 aliphatic rings. The zero-order valence-corrected chi connectivity index (χ0v) is 14.9. The fourth-order valence-electron chi connectivity index (χ4n) is 3.52. The van der Waals surface area contributed by atoms with E-state index in [-0.39, 0.29) is 0 Å². The molecule has 5 heteroatoms. The van der Waals surface area contributed by atoms with Gasteiger partial charge in [-0.05, 0) is 43.1 Å². The molecule has 0 N–H and O–H groups in total. The largest absolute Gasteiger partial charge is 0.493 e. The van der Waals surface area contributed by atoms with Crippen LogP contribution >= 0.6 is 0 Å². The number of methoxy groups -OCH3 is 2. The number of ether oxygens (including phenoxy) is 2. The van der Waals surface area contributed by atoms with Crippen LogP contribution in [0.4, 0.5) is 0 Å². The molecule has 1 aromatic heterocycles. The van der Waals surface area contributed by atoms with Gasteiger partial charge in [-0.1, -0.05) is 18.9 Å². The van der Waals surface area contributed by atoms with Gasteiger partial charge < -0.3 is 9.47 Å². The predicted octanol–water partition coefficient (Wildman–Crippen LogP) is 3.55. The first kappa shape index (κ1) is 16.8. The van der Waals surface area contributed by atoms with Gasteiger partial charge in [0.1, 0.15) is 0 Å². The van der Waals surface area contributed by atoms with E-state index in [4.69, 9.17) is 9.47 Å². The highest BCUT2D eigenvalue weighted by Gasteiger charge is 2.24. The number of nitrogens with zero attached hydrogens (tertiary/aromatic N) is 3. The van der Waals surface area contributed by atoms with Crippen molar-refractivity contribution >= 4 is 0 Å². The van der Waals surface area contributed by atoms with E-state index in [2.05, 4.69) is 28.2 Å². The third-order valence-corrected chi connectivity index (χ3v) is 4.77. The van der Waals surface area contributed by atoms with Gasteiger partial charge in [0.25, 0.3) is 0 Å². The normalized spacial score (nSPS) is 19.0. The topological polar surface area (TPSA) is 39.5 Å². The Morgan fingerprint density at radius 1 is 1.08 bits per heavy atom. The van der Waals surface area contributed by atoms with Crippen LogP contribution in [-0.4, -0.2) is 35.4 Å².